The number of amides is 2. The summed E-state index contributed by atoms with van der Waals surface area (Å²) >= 11 is 1.37. The zero-order chi connectivity index (χ0) is 15.5. The summed E-state index contributed by atoms with van der Waals surface area (Å²) in [6.45, 7) is 0.491. The van der Waals surface area contributed by atoms with Gasteiger partial charge in [-0.3, -0.25) is 9.59 Å². The van der Waals surface area contributed by atoms with E-state index in [0.29, 0.717) is 24.3 Å². The van der Waals surface area contributed by atoms with Gasteiger partial charge in [-0.1, -0.05) is 6.07 Å². The zero-order valence-corrected chi connectivity index (χ0v) is 12.3. The zero-order valence-electron chi connectivity index (χ0n) is 11.5. The van der Waals surface area contributed by atoms with E-state index in [0.717, 1.165) is 0 Å². The molecule has 116 valence electrons. The molecule has 7 nitrogen and oxygen atoms in total. The molecule has 3 N–H and O–H groups in total. The molecule has 0 spiro atoms. The molecule has 0 saturated heterocycles. The quantitative estimate of drug-likeness (QED) is 0.545. The molecule has 0 aliphatic heterocycles. The fraction of sp³-hybridized carbons (Fsp3) is 0.462. The summed E-state index contributed by atoms with van der Waals surface area (Å²) in [5, 5.41) is 15.5. The molecule has 0 aromatic carbocycles. The van der Waals surface area contributed by atoms with Crippen molar-refractivity contribution in [1.82, 2.24) is 10.6 Å². The van der Waals surface area contributed by atoms with Crippen molar-refractivity contribution in [3.63, 3.8) is 0 Å². The summed E-state index contributed by atoms with van der Waals surface area (Å²) in [4.78, 5) is 33.8. The Kier molecular flexibility index (Phi) is 8.07. The smallest absolute Gasteiger partial charge is 0.329 e. The van der Waals surface area contributed by atoms with Crippen molar-refractivity contribution in [2.24, 2.45) is 0 Å². The maximum atomic E-state index is 11.6. The van der Waals surface area contributed by atoms with E-state index in [4.69, 9.17) is 9.84 Å². The van der Waals surface area contributed by atoms with E-state index < -0.39 is 5.97 Å². The number of carboxylic acid groups (broad SMARTS) is 1. The molecule has 0 atom stereocenters. The molecular formula is C13H18N2O5S. The van der Waals surface area contributed by atoms with Gasteiger partial charge < -0.3 is 20.5 Å². The molecule has 1 aromatic heterocycles. The second kappa shape index (κ2) is 9.89. The monoisotopic (exact) mass is 314 g/mol. The van der Waals surface area contributed by atoms with Crippen LogP contribution in [0.5, 0.6) is 0 Å². The van der Waals surface area contributed by atoms with E-state index in [1.54, 1.807) is 12.1 Å². The van der Waals surface area contributed by atoms with E-state index >= 15 is 0 Å². The first-order valence-corrected chi connectivity index (χ1v) is 7.35. The third-order valence-electron chi connectivity index (χ3n) is 2.41. The van der Waals surface area contributed by atoms with Gasteiger partial charge in [-0.25, -0.2) is 4.79 Å². The fourth-order valence-electron chi connectivity index (χ4n) is 1.46. The lowest BCUT2D eigenvalue weighted by Gasteiger charge is -2.06. The van der Waals surface area contributed by atoms with Crippen LogP contribution < -0.4 is 10.6 Å². The van der Waals surface area contributed by atoms with Crippen LogP contribution in [0.4, 0.5) is 0 Å². The summed E-state index contributed by atoms with van der Waals surface area (Å²) in [5.74, 6) is -1.32. The predicted molar refractivity (Wildman–Crippen MR) is 77.4 cm³/mol. The van der Waals surface area contributed by atoms with Crippen LogP contribution in [0.25, 0.3) is 0 Å². The fourth-order valence-corrected chi connectivity index (χ4v) is 2.10. The van der Waals surface area contributed by atoms with E-state index in [2.05, 4.69) is 10.6 Å². The Balaban J connectivity index is 1.98. The van der Waals surface area contributed by atoms with Crippen molar-refractivity contribution in [3.05, 3.63) is 22.4 Å². The molecule has 1 aromatic rings. The molecule has 0 saturated carbocycles. The van der Waals surface area contributed by atoms with E-state index in [1.807, 2.05) is 5.38 Å². The molecular weight excluding hydrogens is 296 g/mol. The highest BCUT2D eigenvalue weighted by molar-refractivity contribution is 7.12. The summed E-state index contributed by atoms with van der Waals surface area (Å²) in [6.07, 6.45) is 0.836. The molecule has 8 heteroatoms. The summed E-state index contributed by atoms with van der Waals surface area (Å²) in [7, 11) is 0. The van der Waals surface area contributed by atoms with Gasteiger partial charge in [-0.15, -0.1) is 11.3 Å². The number of carbonyl (C=O) groups is 3. The topological polar surface area (TPSA) is 105 Å². The number of nitrogens with one attached hydrogen (secondary N) is 2. The number of ether oxygens (including phenoxy) is 1. The minimum Gasteiger partial charge on any atom is -0.480 e. The average Bonchev–Trinajstić information content (AvgIpc) is 2.97. The highest BCUT2D eigenvalue weighted by Gasteiger charge is 2.06. The Hall–Kier alpha value is -1.93. The third-order valence-corrected chi connectivity index (χ3v) is 3.27. The van der Waals surface area contributed by atoms with Crippen LogP contribution in [0.2, 0.25) is 0 Å². The van der Waals surface area contributed by atoms with Gasteiger partial charge in [-0.2, -0.15) is 0 Å². The number of rotatable bonds is 10. The van der Waals surface area contributed by atoms with Crippen molar-refractivity contribution in [2.45, 2.75) is 12.8 Å². The first-order valence-electron chi connectivity index (χ1n) is 6.47. The largest absolute Gasteiger partial charge is 0.480 e. The van der Waals surface area contributed by atoms with Crippen LogP contribution in [0.15, 0.2) is 17.5 Å². The van der Waals surface area contributed by atoms with Gasteiger partial charge in [0, 0.05) is 19.5 Å². The Morgan fingerprint density at radius 3 is 2.71 bits per heavy atom. The molecule has 0 fully saturated rings. The van der Waals surface area contributed by atoms with Crippen LogP contribution in [0.1, 0.15) is 22.5 Å². The standard InChI is InChI=1S/C13H18N2O5S/c16-11(14-6-7-20-9-12(17)18)4-1-5-15-13(19)10-3-2-8-21-10/h2-3,8H,1,4-7,9H2,(H,14,16)(H,15,19)(H,17,18). The number of aliphatic carboxylic acids is 1. The number of carbonyl (C=O) groups excluding carboxylic acids is 2. The summed E-state index contributed by atoms with van der Waals surface area (Å²) < 4.78 is 4.77. The first kappa shape index (κ1) is 17.1. The molecule has 2 amide bonds. The number of thiophene rings is 1. The molecule has 0 aliphatic rings. The van der Waals surface area contributed by atoms with Crippen LogP contribution in [0, 0.1) is 0 Å². The molecule has 0 bridgehead atoms. The van der Waals surface area contributed by atoms with E-state index in [9.17, 15) is 14.4 Å². The van der Waals surface area contributed by atoms with Gasteiger partial charge >= 0.3 is 5.97 Å². The highest BCUT2D eigenvalue weighted by atomic mass is 32.1. The van der Waals surface area contributed by atoms with Crippen LogP contribution >= 0.6 is 11.3 Å². The first-order chi connectivity index (χ1) is 10.1. The van der Waals surface area contributed by atoms with Crippen molar-refractivity contribution >= 4 is 29.1 Å². The lowest BCUT2D eigenvalue weighted by atomic mass is 10.3. The minimum atomic E-state index is -1.04. The average molecular weight is 314 g/mol. The van der Waals surface area contributed by atoms with Crippen molar-refractivity contribution in [1.29, 1.82) is 0 Å². The minimum absolute atomic E-state index is 0.132. The molecule has 1 rings (SSSR count). The summed E-state index contributed by atoms with van der Waals surface area (Å²) in [6, 6.07) is 3.54. The Morgan fingerprint density at radius 2 is 2.05 bits per heavy atom. The SMILES string of the molecule is O=C(O)COCCNC(=O)CCCNC(=O)c1cccs1. The highest BCUT2D eigenvalue weighted by Crippen LogP contribution is 2.07. The van der Waals surface area contributed by atoms with Gasteiger partial charge in [0.05, 0.1) is 11.5 Å². The van der Waals surface area contributed by atoms with Crippen molar-refractivity contribution in [3.8, 4) is 0 Å². The van der Waals surface area contributed by atoms with E-state index in [1.165, 1.54) is 11.3 Å². The lowest BCUT2D eigenvalue weighted by molar-refractivity contribution is -0.142. The van der Waals surface area contributed by atoms with Crippen LogP contribution in [-0.2, 0) is 14.3 Å². The second-order valence-corrected chi connectivity index (χ2v) is 5.08. The Bertz CT molecular complexity index is 461. The van der Waals surface area contributed by atoms with Crippen molar-refractivity contribution in [2.75, 3.05) is 26.3 Å². The normalized spacial score (nSPS) is 10.1. The molecule has 0 radical (unpaired) electrons. The van der Waals surface area contributed by atoms with Gasteiger partial charge in [0.2, 0.25) is 5.91 Å². The van der Waals surface area contributed by atoms with Gasteiger partial charge in [-0.05, 0) is 17.9 Å². The van der Waals surface area contributed by atoms with Gasteiger partial charge in [0.1, 0.15) is 6.61 Å². The molecule has 0 unspecified atom stereocenters. The van der Waals surface area contributed by atoms with E-state index in [-0.39, 0.29) is 31.6 Å². The maximum absolute atomic E-state index is 11.6. The van der Waals surface area contributed by atoms with Gasteiger partial charge in [0.25, 0.3) is 5.91 Å². The lowest BCUT2D eigenvalue weighted by Crippen LogP contribution is -2.29. The van der Waals surface area contributed by atoms with Crippen molar-refractivity contribution < 1.29 is 24.2 Å². The Labute approximate surface area is 126 Å². The van der Waals surface area contributed by atoms with Gasteiger partial charge in [0.15, 0.2) is 0 Å². The summed E-state index contributed by atoms with van der Waals surface area (Å²) in [5.41, 5.74) is 0. The second-order valence-electron chi connectivity index (χ2n) is 4.13. The maximum Gasteiger partial charge on any atom is 0.329 e. The number of hydrogen-bond donors (Lipinski definition) is 3. The predicted octanol–water partition coefficient (Wildman–Crippen LogP) is 0.476. The Morgan fingerprint density at radius 1 is 1.24 bits per heavy atom. The molecule has 0 aliphatic carbocycles. The van der Waals surface area contributed by atoms with Crippen LogP contribution in [-0.4, -0.2) is 49.2 Å². The molecule has 21 heavy (non-hydrogen) atoms. The molecule has 1 heterocycles. The number of hydrogen-bond acceptors (Lipinski definition) is 5. The van der Waals surface area contributed by atoms with Crippen LogP contribution in [0.3, 0.4) is 0 Å². The number of carboxylic acids is 1. The third kappa shape index (κ3) is 8.05.